The van der Waals surface area contributed by atoms with Crippen molar-refractivity contribution in [3.8, 4) is 0 Å². The fraction of sp³-hybridized carbons (Fsp3) is 0.625. The summed E-state index contributed by atoms with van der Waals surface area (Å²) in [5.41, 5.74) is 1.34. The van der Waals surface area contributed by atoms with Crippen LogP contribution in [0.4, 0.5) is 0 Å². The van der Waals surface area contributed by atoms with Gasteiger partial charge in [0.2, 0.25) is 0 Å². The van der Waals surface area contributed by atoms with Crippen LogP contribution in [0.3, 0.4) is 0 Å². The molecule has 100 valence electrons. The smallest absolute Gasteiger partial charge is 0.0274 e. The molecule has 0 radical (unpaired) electrons. The average Bonchev–Trinajstić information content (AvgIpc) is 2.34. The molecule has 2 heteroatoms. The van der Waals surface area contributed by atoms with Gasteiger partial charge in [-0.15, -0.1) is 11.8 Å². The van der Waals surface area contributed by atoms with E-state index in [1.54, 1.807) is 0 Å². The number of rotatable bonds is 3. The van der Waals surface area contributed by atoms with Gasteiger partial charge in [-0.2, -0.15) is 0 Å². The molecule has 18 heavy (non-hydrogen) atoms. The molecule has 0 saturated heterocycles. The molecule has 1 aliphatic carbocycles. The molecule has 1 aromatic carbocycles. The third-order valence-corrected chi connectivity index (χ3v) is 5.66. The lowest BCUT2D eigenvalue weighted by Gasteiger charge is -2.39. The SMILES string of the molecule is CNC1CC(C)CC(C)C1Sc1ccc(C)cc1. The van der Waals surface area contributed by atoms with Crippen LogP contribution in [-0.2, 0) is 0 Å². The lowest BCUT2D eigenvalue weighted by atomic mass is 9.80. The fourth-order valence-electron chi connectivity index (χ4n) is 3.08. The molecule has 1 fully saturated rings. The predicted molar refractivity (Wildman–Crippen MR) is 81.2 cm³/mol. The first-order chi connectivity index (χ1) is 8.60. The number of nitrogens with one attached hydrogen (secondary N) is 1. The van der Waals surface area contributed by atoms with Gasteiger partial charge in [0.15, 0.2) is 0 Å². The summed E-state index contributed by atoms with van der Waals surface area (Å²) in [7, 11) is 2.11. The number of thioether (sulfide) groups is 1. The summed E-state index contributed by atoms with van der Waals surface area (Å²) in [5.74, 6) is 1.64. The largest absolute Gasteiger partial charge is 0.316 e. The van der Waals surface area contributed by atoms with Crippen LogP contribution in [0.25, 0.3) is 0 Å². The molecular weight excluding hydrogens is 238 g/mol. The van der Waals surface area contributed by atoms with Crippen LogP contribution in [0, 0.1) is 18.8 Å². The molecule has 1 saturated carbocycles. The van der Waals surface area contributed by atoms with E-state index in [-0.39, 0.29) is 0 Å². The zero-order valence-corrected chi connectivity index (χ0v) is 12.8. The van der Waals surface area contributed by atoms with E-state index in [0.717, 1.165) is 11.8 Å². The molecule has 0 aliphatic heterocycles. The minimum atomic E-state index is 0.648. The molecule has 0 heterocycles. The van der Waals surface area contributed by atoms with Crippen LogP contribution >= 0.6 is 11.8 Å². The van der Waals surface area contributed by atoms with E-state index in [0.29, 0.717) is 11.3 Å². The van der Waals surface area contributed by atoms with Crippen molar-refractivity contribution in [1.82, 2.24) is 5.32 Å². The van der Waals surface area contributed by atoms with E-state index in [1.807, 2.05) is 0 Å². The topological polar surface area (TPSA) is 12.0 Å². The Balaban J connectivity index is 2.08. The quantitative estimate of drug-likeness (QED) is 0.881. The summed E-state index contributed by atoms with van der Waals surface area (Å²) in [6, 6.07) is 9.60. The molecule has 0 bridgehead atoms. The van der Waals surface area contributed by atoms with E-state index in [4.69, 9.17) is 0 Å². The highest BCUT2D eigenvalue weighted by Gasteiger charge is 2.33. The Morgan fingerprint density at radius 3 is 2.39 bits per heavy atom. The van der Waals surface area contributed by atoms with Crippen LogP contribution in [0.15, 0.2) is 29.2 Å². The first kappa shape index (κ1) is 14.0. The zero-order valence-electron chi connectivity index (χ0n) is 11.9. The van der Waals surface area contributed by atoms with Gasteiger partial charge in [0.25, 0.3) is 0 Å². The molecular formula is C16H25NS. The summed E-state index contributed by atoms with van der Waals surface area (Å²) >= 11 is 2.05. The summed E-state index contributed by atoms with van der Waals surface area (Å²) in [6.45, 7) is 6.94. The normalized spacial score (nSPS) is 32.4. The van der Waals surface area contributed by atoms with E-state index in [2.05, 4.69) is 69.2 Å². The lowest BCUT2D eigenvalue weighted by molar-refractivity contribution is 0.257. The van der Waals surface area contributed by atoms with Gasteiger partial charge in [-0.25, -0.2) is 0 Å². The Labute approximate surface area is 116 Å². The van der Waals surface area contributed by atoms with Crippen molar-refractivity contribution < 1.29 is 0 Å². The Kier molecular flexibility index (Phi) is 4.74. The summed E-state index contributed by atoms with van der Waals surface area (Å²) in [5, 5.41) is 4.23. The van der Waals surface area contributed by atoms with Gasteiger partial charge in [-0.05, 0) is 50.8 Å². The fourth-order valence-corrected chi connectivity index (χ4v) is 4.45. The average molecular weight is 263 g/mol. The predicted octanol–water partition coefficient (Wildman–Crippen LogP) is 4.11. The minimum absolute atomic E-state index is 0.648. The molecule has 0 spiro atoms. The van der Waals surface area contributed by atoms with Gasteiger partial charge in [-0.1, -0.05) is 31.5 Å². The first-order valence-electron chi connectivity index (χ1n) is 7.00. The second-order valence-electron chi connectivity index (χ2n) is 5.84. The number of benzene rings is 1. The van der Waals surface area contributed by atoms with Gasteiger partial charge >= 0.3 is 0 Å². The van der Waals surface area contributed by atoms with Crippen LogP contribution in [-0.4, -0.2) is 18.3 Å². The summed E-state index contributed by atoms with van der Waals surface area (Å²) < 4.78 is 0. The lowest BCUT2D eigenvalue weighted by Crippen LogP contribution is -2.44. The molecule has 1 nitrogen and oxygen atoms in total. The first-order valence-corrected chi connectivity index (χ1v) is 7.88. The highest BCUT2D eigenvalue weighted by Crippen LogP contribution is 2.39. The van der Waals surface area contributed by atoms with Crippen molar-refractivity contribution in [1.29, 1.82) is 0 Å². The van der Waals surface area contributed by atoms with Crippen molar-refractivity contribution in [2.45, 2.75) is 49.8 Å². The second kappa shape index (κ2) is 6.12. The van der Waals surface area contributed by atoms with Gasteiger partial charge in [-0.3, -0.25) is 0 Å². The number of hydrogen-bond donors (Lipinski definition) is 1. The summed E-state index contributed by atoms with van der Waals surface area (Å²) in [4.78, 5) is 1.41. The molecule has 2 rings (SSSR count). The molecule has 4 atom stereocenters. The third kappa shape index (κ3) is 3.30. The standard InChI is InChI=1S/C16H25NS/c1-11-5-7-14(8-6-11)18-16-13(3)9-12(2)10-15(16)17-4/h5-8,12-13,15-17H,9-10H2,1-4H3. The van der Waals surface area contributed by atoms with Gasteiger partial charge in [0, 0.05) is 16.2 Å². The van der Waals surface area contributed by atoms with E-state index >= 15 is 0 Å². The monoisotopic (exact) mass is 263 g/mol. The highest BCUT2D eigenvalue weighted by atomic mass is 32.2. The van der Waals surface area contributed by atoms with Crippen molar-refractivity contribution in [3.63, 3.8) is 0 Å². The molecule has 1 N–H and O–H groups in total. The van der Waals surface area contributed by atoms with Crippen LogP contribution in [0.2, 0.25) is 0 Å². The molecule has 1 aromatic rings. The van der Waals surface area contributed by atoms with Gasteiger partial charge in [0.05, 0.1) is 0 Å². The maximum absolute atomic E-state index is 3.53. The van der Waals surface area contributed by atoms with E-state index in [1.165, 1.54) is 23.3 Å². The molecule has 0 amide bonds. The van der Waals surface area contributed by atoms with Crippen molar-refractivity contribution in [2.24, 2.45) is 11.8 Å². The Morgan fingerprint density at radius 2 is 1.78 bits per heavy atom. The van der Waals surface area contributed by atoms with E-state index < -0.39 is 0 Å². The number of aryl methyl sites for hydroxylation is 1. The molecule has 1 aliphatic rings. The minimum Gasteiger partial charge on any atom is -0.316 e. The highest BCUT2D eigenvalue weighted by molar-refractivity contribution is 8.00. The maximum Gasteiger partial charge on any atom is 0.0274 e. The Morgan fingerprint density at radius 1 is 1.11 bits per heavy atom. The Hall–Kier alpha value is -0.470. The summed E-state index contributed by atoms with van der Waals surface area (Å²) in [6.07, 6.45) is 2.67. The molecule has 4 unspecified atom stereocenters. The van der Waals surface area contributed by atoms with Gasteiger partial charge < -0.3 is 5.32 Å². The molecule has 0 aromatic heterocycles. The maximum atomic E-state index is 3.53. The third-order valence-electron chi connectivity index (χ3n) is 4.05. The van der Waals surface area contributed by atoms with Crippen molar-refractivity contribution in [3.05, 3.63) is 29.8 Å². The van der Waals surface area contributed by atoms with Crippen LogP contribution in [0.1, 0.15) is 32.3 Å². The van der Waals surface area contributed by atoms with Crippen LogP contribution in [0.5, 0.6) is 0 Å². The zero-order chi connectivity index (χ0) is 13.1. The van der Waals surface area contributed by atoms with Crippen molar-refractivity contribution in [2.75, 3.05) is 7.05 Å². The Bertz CT molecular complexity index is 373. The second-order valence-corrected chi connectivity index (χ2v) is 7.10. The van der Waals surface area contributed by atoms with Gasteiger partial charge in [0.1, 0.15) is 0 Å². The number of hydrogen-bond acceptors (Lipinski definition) is 2. The van der Waals surface area contributed by atoms with Crippen LogP contribution < -0.4 is 5.32 Å². The van der Waals surface area contributed by atoms with Crippen molar-refractivity contribution >= 4 is 11.8 Å². The van der Waals surface area contributed by atoms with E-state index in [9.17, 15) is 0 Å².